The van der Waals surface area contributed by atoms with Gasteiger partial charge in [0.15, 0.2) is 0 Å². The van der Waals surface area contributed by atoms with Crippen LogP contribution in [0.3, 0.4) is 0 Å². The van der Waals surface area contributed by atoms with E-state index in [0.29, 0.717) is 16.8 Å². The summed E-state index contributed by atoms with van der Waals surface area (Å²) in [6, 6.07) is 13.3. The maximum absolute atomic E-state index is 11.4. The van der Waals surface area contributed by atoms with Crippen LogP contribution in [-0.4, -0.2) is 16.1 Å². The Morgan fingerprint density at radius 3 is 2.64 bits per heavy atom. The van der Waals surface area contributed by atoms with Gasteiger partial charge in [-0.15, -0.1) is 0 Å². The summed E-state index contributed by atoms with van der Waals surface area (Å²) in [5.41, 5.74) is 3.33. The number of nitrogens with one attached hydrogen (secondary N) is 2. The van der Waals surface area contributed by atoms with Crippen LogP contribution >= 0.6 is 0 Å². The van der Waals surface area contributed by atoms with Gasteiger partial charge in [-0.1, -0.05) is 18.2 Å². The van der Waals surface area contributed by atoms with E-state index in [1.54, 1.807) is 6.07 Å². The topological polar surface area (TPSA) is 81.7 Å². The maximum Gasteiger partial charge on any atom is 0.323 e. The van der Waals surface area contributed by atoms with Crippen molar-refractivity contribution in [3.8, 4) is 22.9 Å². The highest BCUT2D eigenvalue weighted by atomic mass is 16.5. The molecule has 0 amide bonds. The van der Waals surface area contributed by atoms with Gasteiger partial charge in [0.1, 0.15) is 17.4 Å². The van der Waals surface area contributed by atoms with Crippen LogP contribution in [0.5, 0.6) is 5.75 Å². The molecule has 3 aromatic rings. The molecular formula is C17H15N3O2. The number of nitriles is 1. The quantitative estimate of drug-likeness (QED) is 0.778. The summed E-state index contributed by atoms with van der Waals surface area (Å²) in [6.07, 6.45) is -0.00846. The van der Waals surface area contributed by atoms with Crippen molar-refractivity contribution >= 4 is 11.0 Å². The molecule has 0 unspecified atom stereocenters. The molecule has 1 aromatic heterocycles. The van der Waals surface area contributed by atoms with E-state index in [1.807, 2.05) is 44.2 Å². The molecule has 0 fully saturated rings. The Kier molecular flexibility index (Phi) is 3.43. The molecule has 22 heavy (non-hydrogen) atoms. The summed E-state index contributed by atoms with van der Waals surface area (Å²) in [7, 11) is 0. The van der Waals surface area contributed by atoms with E-state index >= 15 is 0 Å². The van der Waals surface area contributed by atoms with Crippen molar-refractivity contribution in [1.29, 1.82) is 5.26 Å². The molecular weight excluding hydrogens is 278 g/mol. The van der Waals surface area contributed by atoms with Gasteiger partial charge < -0.3 is 14.7 Å². The average Bonchev–Trinajstić information content (AvgIpc) is 2.85. The number of nitrogens with zero attached hydrogens (tertiary/aromatic N) is 1. The predicted octanol–water partition coefficient (Wildman–Crippen LogP) is 3.18. The van der Waals surface area contributed by atoms with Crippen LogP contribution in [0, 0.1) is 11.3 Å². The summed E-state index contributed by atoms with van der Waals surface area (Å²) in [4.78, 5) is 16.8. The molecule has 0 aliphatic carbocycles. The van der Waals surface area contributed by atoms with Crippen LogP contribution in [0.25, 0.3) is 22.2 Å². The van der Waals surface area contributed by atoms with E-state index < -0.39 is 0 Å². The Bertz CT molecular complexity index is 929. The fourth-order valence-corrected chi connectivity index (χ4v) is 2.44. The first-order chi connectivity index (χ1) is 10.6. The van der Waals surface area contributed by atoms with Gasteiger partial charge in [0.25, 0.3) is 0 Å². The first-order valence-electron chi connectivity index (χ1n) is 7.00. The fourth-order valence-electron chi connectivity index (χ4n) is 2.44. The number of rotatable bonds is 3. The summed E-state index contributed by atoms with van der Waals surface area (Å²) in [5.74, 6) is 0.567. The van der Waals surface area contributed by atoms with Gasteiger partial charge in [0, 0.05) is 5.56 Å². The predicted molar refractivity (Wildman–Crippen MR) is 84.8 cm³/mol. The zero-order valence-corrected chi connectivity index (χ0v) is 12.3. The molecule has 1 heterocycles. The molecule has 2 aromatic carbocycles. The van der Waals surface area contributed by atoms with Gasteiger partial charge >= 0.3 is 5.69 Å². The second kappa shape index (κ2) is 5.41. The third-order valence-electron chi connectivity index (χ3n) is 3.33. The highest BCUT2D eigenvalue weighted by Crippen LogP contribution is 2.31. The number of hydrogen-bond donors (Lipinski definition) is 2. The molecule has 0 aliphatic heterocycles. The molecule has 110 valence electrons. The number of H-pyrrole nitrogens is 2. The van der Waals surface area contributed by atoms with Crippen LogP contribution in [0.1, 0.15) is 19.4 Å². The molecule has 0 bridgehead atoms. The van der Waals surface area contributed by atoms with E-state index in [9.17, 15) is 10.1 Å². The summed E-state index contributed by atoms with van der Waals surface area (Å²) < 4.78 is 5.70. The minimum Gasteiger partial charge on any atom is -0.490 e. The largest absolute Gasteiger partial charge is 0.490 e. The molecule has 2 N–H and O–H groups in total. The first-order valence-corrected chi connectivity index (χ1v) is 7.00. The van der Waals surface area contributed by atoms with Crippen LogP contribution in [0.2, 0.25) is 0 Å². The molecule has 5 nitrogen and oxygen atoms in total. The Morgan fingerprint density at radius 1 is 1.14 bits per heavy atom. The number of imidazole rings is 1. The molecule has 0 saturated carbocycles. The van der Waals surface area contributed by atoms with Crippen molar-refractivity contribution in [2.75, 3.05) is 0 Å². The van der Waals surface area contributed by atoms with Gasteiger partial charge in [-0.3, -0.25) is 0 Å². The van der Waals surface area contributed by atoms with E-state index in [0.717, 1.165) is 16.6 Å². The lowest BCUT2D eigenvalue weighted by Gasteiger charge is -2.13. The van der Waals surface area contributed by atoms with Crippen molar-refractivity contribution in [3.05, 3.63) is 52.4 Å². The van der Waals surface area contributed by atoms with E-state index in [1.165, 1.54) is 0 Å². The van der Waals surface area contributed by atoms with Crippen LogP contribution in [0.4, 0.5) is 0 Å². The van der Waals surface area contributed by atoms with Crippen LogP contribution in [0.15, 0.2) is 41.2 Å². The number of hydrogen-bond acceptors (Lipinski definition) is 3. The maximum atomic E-state index is 11.4. The molecule has 3 rings (SSSR count). The average molecular weight is 293 g/mol. The Labute approximate surface area is 127 Å². The fraction of sp³-hybridized carbons (Fsp3) is 0.176. The normalized spacial score (nSPS) is 10.8. The zero-order chi connectivity index (χ0) is 15.7. The standard InChI is InChI=1S/C17H15N3O2/c1-10(2)22-16-5-3-4-12(13(16)9-18)11-6-7-14-15(8-11)20-17(21)19-14/h3-8,10H,1-2H3,(H2,19,20,21). The number of aromatic nitrogens is 2. The molecule has 0 saturated heterocycles. The van der Waals surface area contributed by atoms with Gasteiger partial charge in [-0.25, -0.2) is 4.79 Å². The molecule has 0 radical (unpaired) electrons. The number of ether oxygens (including phenoxy) is 1. The van der Waals surface area contributed by atoms with Gasteiger partial charge in [0.2, 0.25) is 0 Å². The second-order valence-electron chi connectivity index (χ2n) is 5.30. The molecule has 0 atom stereocenters. The van der Waals surface area contributed by atoms with Gasteiger partial charge in [-0.2, -0.15) is 5.26 Å². The van der Waals surface area contributed by atoms with Crippen molar-refractivity contribution < 1.29 is 4.74 Å². The lowest BCUT2D eigenvalue weighted by molar-refractivity contribution is 0.242. The summed E-state index contributed by atoms with van der Waals surface area (Å²) in [6.45, 7) is 3.84. The zero-order valence-electron chi connectivity index (χ0n) is 12.3. The SMILES string of the molecule is CC(C)Oc1cccc(-c2ccc3[nH]c(=O)[nH]c3c2)c1C#N. The minimum atomic E-state index is -0.246. The lowest BCUT2D eigenvalue weighted by atomic mass is 9.99. The van der Waals surface area contributed by atoms with Gasteiger partial charge in [0.05, 0.1) is 17.1 Å². The second-order valence-corrected chi connectivity index (χ2v) is 5.30. The highest BCUT2D eigenvalue weighted by Gasteiger charge is 2.13. The van der Waals surface area contributed by atoms with E-state index in [2.05, 4.69) is 16.0 Å². The minimum absolute atomic E-state index is 0.00846. The summed E-state index contributed by atoms with van der Waals surface area (Å²) in [5, 5.41) is 9.50. The monoisotopic (exact) mass is 293 g/mol. The van der Waals surface area contributed by atoms with Crippen molar-refractivity contribution in [2.45, 2.75) is 20.0 Å². The number of fused-ring (bicyclic) bond motifs is 1. The Hall–Kier alpha value is -3.00. The van der Waals surface area contributed by atoms with Crippen molar-refractivity contribution in [2.24, 2.45) is 0 Å². The van der Waals surface area contributed by atoms with E-state index in [-0.39, 0.29) is 11.8 Å². The number of benzene rings is 2. The van der Waals surface area contributed by atoms with Crippen LogP contribution in [-0.2, 0) is 0 Å². The smallest absolute Gasteiger partial charge is 0.323 e. The van der Waals surface area contributed by atoms with Crippen molar-refractivity contribution in [3.63, 3.8) is 0 Å². The molecule has 0 spiro atoms. The summed E-state index contributed by atoms with van der Waals surface area (Å²) >= 11 is 0. The van der Waals surface area contributed by atoms with E-state index in [4.69, 9.17) is 4.74 Å². The van der Waals surface area contributed by atoms with Gasteiger partial charge in [-0.05, 0) is 37.6 Å². The molecule has 0 aliphatic rings. The third-order valence-corrected chi connectivity index (χ3v) is 3.33. The highest BCUT2D eigenvalue weighted by molar-refractivity contribution is 5.84. The molecule has 5 heteroatoms. The first kappa shape index (κ1) is 14.0. The van der Waals surface area contributed by atoms with Crippen LogP contribution < -0.4 is 10.4 Å². The number of aromatic amines is 2. The Balaban J connectivity index is 2.17. The Morgan fingerprint density at radius 2 is 1.91 bits per heavy atom. The van der Waals surface area contributed by atoms with Crippen molar-refractivity contribution in [1.82, 2.24) is 9.97 Å². The third kappa shape index (κ3) is 2.47. The lowest BCUT2D eigenvalue weighted by Crippen LogP contribution is -2.07.